The Balaban J connectivity index is 1.57. The fourth-order valence-electron chi connectivity index (χ4n) is 3.44. The maximum atomic E-state index is 5.79. The Kier molecular flexibility index (Phi) is 5.82. The van der Waals surface area contributed by atoms with E-state index >= 15 is 0 Å². The molecule has 134 valence electrons. The van der Waals surface area contributed by atoms with Crippen LogP contribution in [0.2, 0.25) is 0 Å². The third-order valence-corrected chi connectivity index (χ3v) is 4.88. The van der Waals surface area contributed by atoms with Crippen LogP contribution in [0.25, 0.3) is 0 Å². The van der Waals surface area contributed by atoms with E-state index in [-0.39, 0.29) is 0 Å². The number of rotatable bonds is 6. The number of nitrogens with one attached hydrogen (secondary N) is 1. The van der Waals surface area contributed by atoms with Crippen LogP contribution in [-0.2, 0) is 6.54 Å². The molecule has 25 heavy (non-hydrogen) atoms. The summed E-state index contributed by atoms with van der Waals surface area (Å²) in [5.41, 5.74) is 3.92. The summed E-state index contributed by atoms with van der Waals surface area (Å²) < 4.78 is 5.79. The van der Waals surface area contributed by atoms with Gasteiger partial charge in [0.1, 0.15) is 12.3 Å². The van der Waals surface area contributed by atoms with E-state index in [1.54, 1.807) is 4.90 Å². The van der Waals surface area contributed by atoms with Crippen LogP contribution in [0, 0.1) is 0 Å². The maximum Gasteiger partial charge on any atom is 0.142 e. The first-order chi connectivity index (χ1) is 12.2. The van der Waals surface area contributed by atoms with Crippen molar-refractivity contribution in [2.45, 2.75) is 13.5 Å². The van der Waals surface area contributed by atoms with E-state index < -0.39 is 0 Å². The largest absolute Gasteiger partial charge is 0.492 e. The Labute approximate surface area is 151 Å². The maximum absolute atomic E-state index is 5.79. The SMILES string of the molecule is CCOc1ccccc1N1CC[NH+](Cc2ccc(N(C)C)cc2)CC1. The molecule has 2 aromatic rings. The van der Waals surface area contributed by atoms with Crippen molar-refractivity contribution in [1.82, 2.24) is 0 Å². The van der Waals surface area contributed by atoms with Crippen LogP contribution in [0.4, 0.5) is 11.4 Å². The van der Waals surface area contributed by atoms with Crippen molar-refractivity contribution in [3.05, 3.63) is 54.1 Å². The first-order valence-electron chi connectivity index (χ1n) is 9.24. The lowest BCUT2D eigenvalue weighted by Gasteiger charge is -2.34. The highest BCUT2D eigenvalue weighted by atomic mass is 16.5. The molecule has 1 aliphatic heterocycles. The Morgan fingerprint density at radius 3 is 2.32 bits per heavy atom. The van der Waals surface area contributed by atoms with E-state index in [9.17, 15) is 0 Å². The predicted octanol–water partition coefficient (Wildman–Crippen LogP) is 2.06. The summed E-state index contributed by atoms with van der Waals surface area (Å²) in [7, 11) is 4.17. The molecule has 0 unspecified atom stereocenters. The summed E-state index contributed by atoms with van der Waals surface area (Å²) in [5, 5.41) is 0. The molecule has 0 radical (unpaired) electrons. The van der Waals surface area contributed by atoms with E-state index in [2.05, 4.69) is 66.4 Å². The molecule has 0 spiro atoms. The van der Waals surface area contributed by atoms with Gasteiger partial charge >= 0.3 is 0 Å². The number of hydrogen-bond donors (Lipinski definition) is 1. The molecule has 0 amide bonds. The van der Waals surface area contributed by atoms with Gasteiger partial charge in [0.15, 0.2) is 0 Å². The highest BCUT2D eigenvalue weighted by Crippen LogP contribution is 2.27. The van der Waals surface area contributed by atoms with E-state index in [4.69, 9.17) is 4.74 Å². The molecule has 1 heterocycles. The summed E-state index contributed by atoms with van der Waals surface area (Å²) in [4.78, 5) is 6.26. The van der Waals surface area contributed by atoms with Crippen molar-refractivity contribution >= 4 is 11.4 Å². The highest BCUT2D eigenvalue weighted by molar-refractivity contribution is 5.58. The summed E-state index contributed by atoms with van der Waals surface area (Å²) in [6, 6.07) is 17.3. The molecule has 1 saturated heterocycles. The minimum atomic E-state index is 0.713. The van der Waals surface area contributed by atoms with Gasteiger partial charge in [-0.2, -0.15) is 0 Å². The van der Waals surface area contributed by atoms with Crippen molar-refractivity contribution < 1.29 is 9.64 Å². The van der Waals surface area contributed by atoms with Crippen LogP contribution < -0.4 is 19.4 Å². The van der Waals surface area contributed by atoms with Crippen LogP contribution in [0.3, 0.4) is 0 Å². The predicted molar refractivity (Wildman–Crippen MR) is 105 cm³/mol. The van der Waals surface area contributed by atoms with Crippen molar-refractivity contribution in [2.75, 3.05) is 56.7 Å². The molecule has 0 aromatic heterocycles. The van der Waals surface area contributed by atoms with Crippen molar-refractivity contribution in [1.29, 1.82) is 0 Å². The minimum absolute atomic E-state index is 0.713. The number of hydrogen-bond acceptors (Lipinski definition) is 3. The second-order valence-electron chi connectivity index (χ2n) is 6.88. The first-order valence-corrected chi connectivity index (χ1v) is 9.24. The summed E-state index contributed by atoms with van der Waals surface area (Å²) in [5.74, 6) is 1.01. The van der Waals surface area contributed by atoms with Gasteiger partial charge in [0.05, 0.1) is 38.5 Å². The smallest absolute Gasteiger partial charge is 0.142 e. The third kappa shape index (κ3) is 4.45. The number of ether oxygens (including phenoxy) is 1. The Bertz CT molecular complexity index is 661. The van der Waals surface area contributed by atoms with E-state index in [0.29, 0.717) is 6.61 Å². The Hall–Kier alpha value is -2.20. The summed E-state index contributed by atoms with van der Waals surface area (Å²) in [6.07, 6.45) is 0. The average Bonchev–Trinajstić information content (AvgIpc) is 2.64. The van der Waals surface area contributed by atoms with Gasteiger partial charge in [-0.05, 0) is 31.2 Å². The number of anilines is 2. The van der Waals surface area contributed by atoms with Crippen LogP contribution in [0.5, 0.6) is 5.75 Å². The lowest BCUT2D eigenvalue weighted by molar-refractivity contribution is -0.914. The van der Waals surface area contributed by atoms with E-state index in [0.717, 1.165) is 38.5 Å². The Morgan fingerprint density at radius 1 is 1.00 bits per heavy atom. The number of piperazine rings is 1. The molecule has 2 aromatic carbocycles. The van der Waals surface area contributed by atoms with Gasteiger partial charge in [-0.25, -0.2) is 0 Å². The van der Waals surface area contributed by atoms with E-state index in [1.165, 1.54) is 16.9 Å². The molecular weight excluding hydrogens is 310 g/mol. The molecule has 0 saturated carbocycles. The quantitative estimate of drug-likeness (QED) is 0.869. The van der Waals surface area contributed by atoms with Gasteiger partial charge in [-0.15, -0.1) is 0 Å². The summed E-state index contributed by atoms with van der Waals surface area (Å²) >= 11 is 0. The van der Waals surface area contributed by atoms with Gasteiger partial charge in [-0.1, -0.05) is 24.3 Å². The minimum Gasteiger partial charge on any atom is -0.492 e. The lowest BCUT2D eigenvalue weighted by atomic mass is 10.1. The lowest BCUT2D eigenvalue weighted by Crippen LogP contribution is -3.13. The third-order valence-electron chi connectivity index (χ3n) is 4.88. The molecule has 1 aliphatic rings. The van der Waals surface area contributed by atoms with Crippen LogP contribution in [-0.4, -0.2) is 46.9 Å². The summed E-state index contributed by atoms with van der Waals surface area (Å²) in [6.45, 7) is 8.34. The second-order valence-corrected chi connectivity index (χ2v) is 6.88. The zero-order chi connectivity index (χ0) is 17.6. The molecule has 1 N–H and O–H groups in total. The zero-order valence-electron chi connectivity index (χ0n) is 15.7. The fourth-order valence-corrected chi connectivity index (χ4v) is 3.44. The number of para-hydroxylation sites is 2. The van der Waals surface area contributed by atoms with E-state index in [1.807, 2.05) is 13.0 Å². The number of benzene rings is 2. The molecule has 0 atom stereocenters. The molecule has 0 bridgehead atoms. The fraction of sp³-hybridized carbons (Fsp3) is 0.429. The van der Waals surface area contributed by atoms with Gasteiger partial charge in [0.2, 0.25) is 0 Å². The number of quaternary nitrogens is 1. The molecular formula is C21H30N3O+. The molecule has 0 aliphatic carbocycles. The highest BCUT2D eigenvalue weighted by Gasteiger charge is 2.22. The number of nitrogens with zero attached hydrogens (tertiary/aromatic N) is 2. The topological polar surface area (TPSA) is 20.1 Å². The van der Waals surface area contributed by atoms with Crippen molar-refractivity contribution in [3.63, 3.8) is 0 Å². The zero-order valence-corrected chi connectivity index (χ0v) is 15.7. The molecule has 4 nitrogen and oxygen atoms in total. The van der Waals surface area contributed by atoms with Crippen molar-refractivity contribution in [3.8, 4) is 5.75 Å². The normalized spacial score (nSPS) is 15.2. The molecule has 1 fully saturated rings. The van der Waals surface area contributed by atoms with Gasteiger partial charge in [-0.3, -0.25) is 0 Å². The molecule has 4 heteroatoms. The van der Waals surface area contributed by atoms with Gasteiger partial charge in [0.25, 0.3) is 0 Å². The van der Waals surface area contributed by atoms with Crippen molar-refractivity contribution in [2.24, 2.45) is 0 Å². The average molecular weight is 340 g/mol. The standard InChI is InChI=1S/C21H29N3O/c1-4-25-21-8-6-5-7-20(21)24-15-13-23(14-16-24)17-18-9-11-19(12-10-18)22(2)3/h5-12H,4,13-17H2,1-3H3/p+1. The van der Waals surface area contributed by atoms with Crippen LogP contribution in [0.1, 0.15) is 12.5 Å². The van der Waals surface area contributed by atoms with Gasteiger partial charge in [0, 0.05) is 25.3 Å². The second kappa shape index (κ2) is 8.26. The van der Waals surface area contributed by atoms with Crippen LogP contribution in [0.15, 0.2) is 48.5 Å². The molecule has 3 rings (SSSR count). The Morgan fingerprint density at radius 2 is 1.68 bits per heavy atom. The van der Waals surface area contributed by atoms with Gasteiger partial charge < -0.3 is 19.4 Å². The van der Waals surface area contributed by atoms with Crippen LogP contribution >= 0.6 is 0 Å². The monoisotopic (exact) mass is 340 g/mol. The first kappa shape index (κ1) is 17.6.